The molecule has 3 aromatic rings. The minimum Gasteiger partial charge on any atom is -0.495 e. The molecule has 1 saturated heterocycles. The van der Waals surface area contributed by atoms with Gasteiger partial charge in [-0.3, -0.25) is 4.79 Å². The van der Waals surface area contributed by atoms with E-state index in [0.717, 1.165) is 18.9 Å². The molecule has 5 rings (SSSR count). The van der Waals surface area contributed by atoms with Crippen LogP contribution in [-0.4, -0.2) is 61.8 Å². The summed E-state index contributed by atoms with van der Waals surface area (Å²) in [6.45, 7) is 5.05. The van der Waals surface area contributed by atoms with E-state index in [4.69, 9.17) is 50.6 Å². The van der Waals surface area contributed by atoms with Gasteiger partial charge in [-0.25, -0.2) is 9.97 Å². The average molecular weight is 579 g/mol. The third-order valence-corrected chi connectivity index (χ3v) is 7.53. The molecule has 1 saturated carbocycles. The highest BCUT2D eigenvalue weighted by atomic mass is 35.5. The topological polar surface area (TPSA) is 107 Å². The highest BCUT2D eigenvalue weighted by Gasteiger charge is 2.28. The molecular weight excluding hydrogens is 541 g/mol. The van der Waals surface area contributed by atoms with Gasteiger partial charge < -0.3 is 30.2 Å². The molecule has 39 heavy (non-hydrogen) atoms. The van der Waals surface area contributed by atoms with Crippen molar-refractivity contribution in [2.75, 3.05) is 44.5 Å². The fourth-order valence-corrected chi connectivity index (χ4v) is 5.11. The third kappa shape index (κ3) is 6.00. The zero-order valence-corrected chi connectivity index (χ0v) is 22.4. The number of nitrogens with one attached hydrogen (secondary N) is 3. The summed E-state index contributed by atoms with van der Waals surface area (Å²) in [6, 6.07) is 4.05. The van der Waals surface area contributed by atoms with Gasteiger partial charge >= 0.3 is 0 Å². The lowest BCUT2D eigenvalue weighted by molar-refractivity contribution is -0.117. The lowest BCUT2D eigenvalue weighted by Gasteiger charge is -2.32. The number of hydrogen-bond acceptors (Lipinski definition) is 8. The van der Waals surface area contributed by atoms with Crippen LogP contribution < -0.4 is 25.4 Å². The molecule has 2 aliphatic rings. The summed E-state index contributed by atoms with van der Waals surface area (Å²) in [5.41, 5.74) is 0.232. The van der Waals surface area contributed by atoms with E-state index >= 15 is 0 Å². The average Bonchev–Trinajstić information content (AvgIpc) is 3.79. The van der Waals surface area contributed by atoms with Crippen LogP contribution in [0.3, 0.4) is 0 Å². The number of amides is 1. The predicted octanol–water partition coefficient (Wildman–Crippen LogP) is 5.31. The number of carbonyl (C=O) groups excluding carboxylic acids is 1. The van der Waals surface area contributed by atoms with Crippen molar-refractivity contribution in [1.82, 2.24) is 15.3 Å². The van der Waals surface area contributed by atoms with Crippen LogP contribution in [0.2, 0.25) is 10.0 Å². The van der Waals surface area contributed by atoms with Crippen molar-refractivity contribution in [2.24, 2.45) is 5.92 Å². The molecule has 1 aliphatic carbocycles. The molecule has 0 spiro atoms. The Balaban J connectivity index is 1.58. The fourth-order valence-electron chi connectivity index (χ4n) is 4.50. The van der Waals surface area contributed by atoms with E-state index < -0.39 is 14.1 Å². The van der Waals surface area contributed by atoms with E-state index in [1.807, 2.05) is 6.07 Å². The van der Waals surface area contributed by atoms with Crippen LogP contribution in [0.15, 0.2) is 37.1 Å². The Morgan fingerprint density at radius 2 is 1.95 bits per heavy atom. The number of carbonyl (C=O) groups is 1. The molecule has 1 aromatic carbocycles. The van der Waals surface area contributed by atoms with Crippen LogP contribution >= 0.6 is 23.2 Å². The first-order valence-electron chi connectivity index (χ1n) is 15.4. The third-order valence-electron chi connectivity index (χ3n) is 6.78. The molecule has 2 aromatic heterocycles. The molecule has 2 atom stereocenters. The van der Waals surface area contributed by atoms with Gasteiger partial charge in [0, 0.05) is 41.8 Å². The molecule has 1 aliphatic heterocycles. The number of halogens is 2. The van der Waals surface area contributed by atoms with Crippen molar-refractivity contribution >= 4 is 51.5 Å². The Bertz CT molecular complexity index is 1560. The normalized spacial score (nSPS) is 21.8. The van der Waals surface area contributed by atoms with Crippen LogP contribution in [-0.2, 0) is 9.53 Å². The van der Waals surface area contributed by atoms with Crippen LogP contribution in [0.25, 0.3) is 22.0 Å². The zero-order chi connectivity index (χ0) is 32.5. The molecule has 9 nitrogen and oxygen atoms in total. The standard InChI is InChI=1S/C28H31Cl2N5O4/c1-4-24(36)34-18-7-8-39-14-20(18)33-23-10-17-16(13-31-23)9-19(35-28(17)32-12-15-5-6-15)25-26(29)21(37-2)11-22(38-3)27(25)30/h4,9-11,13,15,18,20H,1,5-8,12,14H2,2-3H3,(H,31,33)(H,32,35)(H,34,36)/t18-,20+/m0/s1/i2D3,3D3. The van der Waals surface area contributed by atoms with E-state index in [2.05, 4.69) is 27.5 Å². The second kappa shape index (κ2) is 11.9. The quantitative estimate of drug-likeness (QED) is 0.278. The fraction of sp³-hybridized carbons (Fsp3) is 0.393. The molecular formula is C28H31Cl2N5O4. The lowest BCUT2D eigenvalue weighted by Crippen LogP contribution is -2.52. The summed E-state index contributed by atoms with van der Waals surface area (Å²) in [5.74, 6) is 0.508. The largest absolute Gasteiger partial charge is 0.495 e. The second-order valence-electron chi connectivity index (χ2n) is 9.48. The van der Waals surface area contributed by atoms with Crippen molar-refractivity contribution < 1.29 is 27.2 Å². The number of pyridine rings is 2. The van der Waals surface area contributed by atoms with E-state index in [-0.39, 0.29) is 50.8 Å². The molecule has 3 heterocycles. The molecule has 0 bridgehead atoms. The first kappa shape index (κ1) is 20.6. The van der Waals surface area contributed by atoms with Crippen LogP contribution in [0.1, 0.15) is 27.5 Å². The number of methoxy groups -OCH3 is 2. The number of benzene rings is 1. The Labute approximate surface area is 245 Å². The number of ether oxygens (including phenoxy) is 3. The Kier molecular flexibility index (Phi) is 6.26. The van der Waals surface area contributed by atoms with E-state index in [1.165, 1.54) is 6.08 Å². The maximum atomic E-state index is 12.0. The number of fused-ring (bicyclic) bond motifs is 1. The molecule has 11 heteroatoms. The zero-order valence-electron chi connectivity index (χ0n) is 26.9. The van der Waals surface area contributed by atoms with Gasteiger partial charge in [0.25, 0.3) is 0 Å². The van der Waals surface area contributed by atoms with Gasteiger partial charge in [-0.2, -0.15) is 0 Å². The monoisotopic (exact) mass is 577 g/mol. The number of rotatable bonds is 10. The van der Waals surface area contributed by atoms with E-state index in [9.17, 15) is 4.79 Å². The Hall–Kier alpha value is -3.27. The summed E-state index contributed by atoms with van der Waals surface area (Å²) < 4.78 is 61.1. The SMILES string of the molecule is [2H]C([2H])([2H])Oc1cc(OC([2H])([2H])[2H])c(Cl)c(-c2cc3cnc(N[C@@H]4COCC[C@@H]4NC(=O)C=C)cc3c(NCC3CC3)n2)c1Cl. The van der Waals surface area contributed by atoms with Crippen LogP contribution in [0, 0.1) is 5.92 Å². The highest BCUT2D eigenvalue weighted by molar-refractivity contribution is 6.41. The van der Waals surface area contributed by atoms with Crippen LogP contribution in [0.4, 0.5) is 11.6 Å². The molecule has 3 N–H and O–H groups in total. The Morgan fingerprint density at radius 3 is 2.64 bits per heavy atom. The first-order chi connectivity index (χ1) is 21.2. The highest BCUT2D eigenvalue weighted by Crippen LogP contribution is 2.46. The summed E-state index contributed by atoms with van der Waals surface area (Å²) in [7, 11) is -5.80. The molecule has 206 valence electrons. The van der Waals surface area contributed by atoms with Crippen molar-refractivity contribution in [2.45, 2.75) is 31.3 Å². The Morgan fingerprint density at radius 1 is 1.18 bits per heavy atom. The number of anilines is 2. The summed E-state index contributed by atoms with van der Waals surface area (Å²) >= 11 is 13.3. The van der Waals surface area contributed by atoms with Crippen molar-refractivity contribution in [3.05, 3.63) is 47.1 Å². The number of aromatic nitrogens is 2. The molecule has 0 unspecified atom stereocenters. The summed E-state index contributed by atoms with van der Waals surface area (Å²) in [4.78, 5) is 21.4. The van der Waals surface area contributed by atoms with Crippen LogP contribution in [0.5, 0.6) is 11.5 Å². The second-order valence-corrected chi connectivity index (χ2v) is 10.2. The first-order valence-corrected chi connectivity index (χ1v) is 13.2. The van der Waals surface area contributed by atoms with Crippen molar-refractivity contribution in [3.63, 3.8) is 0 Å². The molecule has 0 radical (unpaired) electrons. The minimum absolute atomic E-state index is 0.0260. The summed E-state index contributed by atoms with van der Waals surface area (Å²) in [6.07, 6.45) is 5.63. The van der Waals surface area contributed by atoms with Gasteiger partial charge in [-0.1, -0.05) is 29.8 Å². The van der Waals surface area contributed by atoms with Crippen molar-refractivity contribution in [1.29, 1.82) is 0 Å². The van der Waals surface area contributed by atoms with Crippen molar-refractivity contribution in [3.8, 4) is 22.8 Å². The molecule has 2 fully saturated rings. The molecule has 1 amide bonds. The van der Waals surface area contributed by atoms with Gasteiger partial charge in [-0.15, -0.1) is 0 Å². The number of hydrogen-bond donors (Lipinski definition) is 3. The summed E-state index contributed by atoms with van der Waals surface area (Å²) in [5, 5.41) is 10.6. The van der Waals surface area contributed by atoms with E-state index in [0.29, 0.717) is 54.5 Å². The van der Waals surface area contributed by atoms with Gasteiger partial charge in [-0.05, 0) is 43.4 Å². The predicted molar refractivity (Wildman–Crippen MR) is 154 cm³/mol. The lowest BCUT2D eigenvalue weighted by atomic mass is 10.0. The van der Waals surface area contributed by atoms with E-state index in [1.54, 1.807) is 12.3 Å². The van der Waals surface area contributed by atoms with Gasteiger partial charge in [0.15, 0.2) is 0 Å². The van der Waals surface area contributed by atoms with Gasteiger partial charge in [0.1, 0.15) is 23.1 Å². The van der Waals surface area contributed by atoms with Gasteiger partial charge in [0.05, 0.1) is 56.7 Å². The van der Waals surface area contributed by atoms with Gasteiger partial charge in [0.2, 0.25) is 5.91 Å². The number of nitrogens with zero attached hydrogens (tertiary/aromatic N) is 2. The maximum Gasteiger partial charge on any atom is 0.243 e. The maximum absolute atomic E-state index is 12.0. The smallest absolute Gasteiger partial charge is 0.243 e. The minimum atomic E-state index is -2.90.